The first-order valence-corrected chi connectivity index (χ1v) is 16.0. The highest BCUT2D eigenvalue weighted by atomic mass is 16.3. The third-order valence-corrected chi connectivity index (χ3v) is 8.76. The summed E-state index contributed by atoms with van der Waals surface area (Å²) in [6.07, 6.45) is 17.8. The molecule has 6 aromatic rings. The number of unbranched alkanes of at least 4 members (excludes halogenated alkanes) is 10. The van der Waals surface area contributed by atoms with E-state index < -0.39 is 0 Å². The van der Waals surface area contributed by atoms with Gasteiger partial charge in [0.1, 0.15) is 22.7 Å². The molecule has 2 aromatic heterocycles. The summed E-state index contributed by atoms with van der Waals surface area (Å²) in [5, 5.41) is 10.1. The minimum atomic E-state index is 1.01. The molecule has 4 aromatic carbocycles. The molecule has 0 aliphatic heterocycles. The van der Waals surface area contributed by atoms with Crippen LogP contribution in [0.2, 0.25) is 0 Å². The number of benzene rings is 4. The lowest BCUT2D eigenvalue weighted by Gasteiger charge is -2.08. The van der Waals surface area contributed by atoms with Crippen molar-refractivity contribution in [3.05, 3.63) is 72.2 Å². The Balaban J connectivity index is 1.25. The zero-order valence-corrected chi connectivity index (χ0v) is 24.5. The summed E-state index contributed by atoms with van der Waals surface area (Å²) in [5.41, 5.74) is 2.01. The maximum absolute atomic E-state index is 6.28. The van der Waals surface area contributed by atoms with Crippen LogP contribution in [0.15, 0.2) is 69.5 Å². The summed E-state index contributed by atoms with van der Waals surface area (Å²) in [6.45, 7) is 4.55. The molecule has 2 heteroatoms. The lowest BCUT2D eigenvalue weighted by Crippen LogP contribution is -1.83. The van der Waals surface area contributed by atoms with E-state index in [0.717, 1.165) is 35.5 Å². The van der Waals surface area contributed by atoms with Gasteiger partial charge in [-0.25, -0.2) is 0 Å². The van der Waals surface area contributed by atoms with Gasteiger partial charge in [0.15, 0.2) is 0 Å². The highest BCUT2D eigenvalue weighted by molar-refractivity contribution is 6.20. The summed E-state index contributed by atoms with van der Waals surface area (Å²) in [6, 6.07) is 22.8. The van der Waals surface area contributed by atoms with Crippen molar-refractivity contribution in [3.63, 3.8) is 0 Å². The zero-order chi connectivity index (χ0) is 27.3. The molecule has 0 fully saturated rings. The van der Waals surface area contributed by atoms with Crippen LogP contribution in [0.5, 0.6) is 0 Å². The number of rotatable bonds is 14. The Morgan fingerprint density at radius 3 is 1.27 bits per heavy atom. The van der Waals surface area contributed by atoms with Crippen molar-refractivity contribution < 1.29 is 8.83 Å². The first kappa shape index (κ1) is 26.9. The highest BCUT2D eigenvalue weighted by Gasteiger charge is 2.12. The van der Waals surface area contributed by atoms with Gasteiger partial charge in [-0.2, -0.15) is 0 Å². The van der Waals surface area contributed by atoms with Crippen LogP contribution in [0, 0.1) is 0 Å². The van der Waals surface area contributed by atoms with Crippen LogP contribution in [0.4, 0.5) is 0 Å². The third kappa shape index (κ3) is 5.78. The van der Waals surface area contributed by atoms with Gasteiger partial charge in [-0.3, -0.25) is 0 Å². The van der Waals surface area contributed by atoms with Gasteiger partial charge < -0.3 is 8.83 Å². The van der Waals surface area contributed by atoms with Crippen molar-refractivity contribution in [1.82, 2.24) is 0 Å². The lowest BCUT2D eigenvalue weighted by atomic mass is 9.95. The van der Waals surface area contributed by atoms with Crippen LogP contribution in [-0.2, 0) is 12.8 Å². The summed E-state index contributed by atoms with van der Waals surface area (Å²) in [7, 11) is 0. The molecule has 208 valence electrons. The number of hydrogen-bond donors (Lipinski definition) is 0. The third-order valence-electron chi connectivity index (χ3n) is 8.76. The van der Waals surface area contributed by atoms with Gasteiger partial charge in [-0.05, 0) is 81.6 Å². The summed E-state index contributed by atoms with van der Waals surface area (Å²) in [4.78, 5) is 0. The average molecular weight is 533 g/mol. The fraction of sp³-hybridized carbons (Fsp3) is 0.421. The SMILES string of the molecule is CCCCCCCCc1cc2cc3c(ccc4c5cc6cc(CCCCCCCC)oc6cc5ccc34)cc2o1. The minimum Gasteiger partial charge on any atom is -0.461 e. The zero-order valence-electron chi connectivity index (χ0n) is 24.5. The van der Waals surface area contributed by atoms with E-state index in [1.54, 1.807) is 0 Å². The van der Waals surface area contributed by atoms with Gasteiger partial charge in [-0.1, -0.05) is 102 Å². The highest BCUT2D eigenvalue weighted by Crippen LogP contribution is 2.36. The minimum absolute atomic E-state index is 1.01. The molecular formula is C38H44O2. The van der Waals surface area contributed by atoms with Crippen LogP contribution in [0.3, 0.4) is 0 Å². The molecular weight excluding hydrogens is 488 g/mol. The van der Waals surface area contributed by atoms with Gasteiger partial charge in [0.2, 0.25) is 0 Å². The largest absolute Gasteiger partial charge is 0.461 e. The number of furan rings is 2. The molecule has 2 nitrogen and oxygen atoms in total. The van der Waals surface area contributed by atoms with Crippen molar-refractivity contribution in [1.29, 1.82) is 0 Å². The van der Waals surface area contributed by atoms with Crippen molar-refractivity contribution in [2.45, 2.75) is 104 Å². The molecule has 0 spiro atoms. The number of hydrogen-bond acceptors (Lipinski definition) is 2. The first-order valence-electron chi connectivity index (χ1n) is 16.0. The van der Waals surface area contributed by atoms with Crippen LogP contribution < -0.4 is 0 Å². The second-order valence-corrected chi connectivity index (χ2v) is 11.9. The molecule has 0 bridgehead atoms. The molecule has 0 unspecified atom stereocenters. The van der Waals surface area contributed by atoms with E-state index in [1.165, 1.54) is 120 Å². The van der Waals surface area contributed by atoms with Crippen molar-refractivity contribution >= 4 is 54.3 Å². The normalized spacial score (nSPS) is 12.2. The number of aryl methyl sites for hydroxylation is 2. The molecule has 40 heavy (non-hydrogen) atoms. The van der Waals surface area contributed by atoms with Crippen molar-refractivity contribution in [3.8, 4) is 0 Å². The monoisotopic (exact) mass is 532 g/mol. The molecule has 0 radical (unpaired) electrons. The van der Waals surface area contributed by atoms with Crippen LogP contribution >= 0.6 is 0 Å². The lowest BCUT2D eigenvalue weighted by molar-refractivity contribution is 0.521. The van der Waals surface area contributed by atoms with Crippen molar-refractivity contribution in [2.24, 2.45) is 0 Å². The van der Waals surface area contributed by atoms with Gasteiger partial charge in [0, 0.05) is 23.6 Å². The molecule has 0 aliphatic carbocycles. The summed E-state index contributed by atoms with van der Waals surface area (Å²) in [5.74, 6) is 2.24. The Bertz CT molecular complexity index is 1600. The predicted molar refractivity (Wildman–Crippen MR) is 173 cm³/mol. The van der Waals surface area contributed by atoms with Gasteiger partial charge >= 0.3 is 0 Å². The van der Waals surface area contributed by atoms with E-state index in [-0.39, 0.29) is 0 Å². The maximum atomic E-state index is 6.28. The average Bonchev–Trinajstić information content (AvgIpc) is 3.56. The molecule has 0 saturated heterocycles. The molecule has 0 N–H and O–H groups in total. The Labute approximate surface area is 238 Å². The molecule has 0 atom stereocenters. The van der Waals surface area contributed by atoms with Crippen LogP contribution in [0.25, 0.3) is 54.3 Å². The maximum Gasteiger partial charge on any atom is 0.134 e. The van der Waals surface area contributed by atoms with Crippen molar-refractivity contribution in [2.75, 3.05) is 0 Å². The first-order chi connectivity index (χ1) is 19.7. The quantitative estimate of drug-likeness (QED) is 0.103. The van der Waals surface area contributed by atoms with Crippen LogP contribution in [-0.4, -0.2) is 0 Å². The molecule has 0 amide bonds. The Hall–Kier alpha value is -3.26. The van der Waals surface area contributed by atoms with E-state index in [2.05, 4.69) is 74.5 Å². The van der Waals surface area contributed by atoms with Crippen LogP contribution in [0.1, 0.15) is 102 Å². The van der Waals surface area contributed by atoms with E-state index >= 15 is 0 Å². The molecule has 0 aliphatic rings. The Morgan fingerprint density at radius 1 is 0.400 bits per heavy atom. The Morgan fingerprint density at radius 2 is 0.825 bits per heavy atom. The van der Waals surface area contributed by atoms with Gasteiger partial charge in [0.05, 0.1) is 0 Å². The Kier molecular flexibility index (Phi) is 8.42. The summed E-state index contributed by atoms with van der Waals surface area (Å²) < 4.78 is 12.6. The second-order valence-electron chi connectivity index (χ2n) is 11.9. The topological polar surface area (TPSA) is 26.3 Å². The predicted octanol–water partition coefficient (Wildman–Crippen LogP) is 12.4. The fourth-order valence-corrected chi connectivity index (χ4v) is 6.46. The summed E-state index contributed by atoms with van der Waals surface area (Å²) >= 11 is 0. The van der Waals surface area contributed by atoms with Gasteiger partial charge in [-0.15, -0.1) is 0 Å². The standard InChI is InChI=1S/C38H44O2/c1-3-5-7-9-11-13-15-31-21-29-23-35-27(25-37(29)39-31)17-19-34-33(35)20-18-28-26-38-30(24-36(28)34)22-32(40-38)16-14-12-10-8-6-4-2/h17-26H,3-16H2,1-2H3. The molecule has 6 rings (SSSR count). The molecule has 2 heterocycles. The second kappa shape index (κ2) is 12.5. The smallest absolute Gasteiger partial charge is 0.134 e. The van der Waals surface area contributed by atoms with E-state index in [0.29, 0.717) is 0 Å². The fourth-order valence-electron chi connectivity index (χ4n) is 6.46. The number of fused-ring (bicyclic) bond motifs is 7. The van der Waals surface area contributed by atoms with Gasteiger partial charge in [0.25, 0.3) is 0 Å². The van der Waals surface area contributed by atoms with E-state index in [1.807, 2.05) is 0 Å². The van der Waals surface area contributed by atoms with E-state index in [4.69, 9.17) is 8.83 Å². The molecule has 0 saturated carbocycles. The van der Waals surface area contributed by atoms with E-state index in [9.17, 15) is 0 Å².